The third-order valence-electron chi connectivity index (χ3n) is 1.95. The van der Waals surface area contributed by atoms with Gasteiger partial charge in [-0.25, -0.2) is 0 Å². The molecule has 12 heavy (non-hydrogen) atoms. The molecule has 0 aliphatic rings. The Balaban J connectivity index is 2.95. The Kier molecular flexibility index (Phi) is 1.50. The number of aromatic nitrogens is 3. The molecule has 0 saturated heterocycles. The molecular formula is C9H9N3. The summed E-state index contributed by atoms with van der Waals surface area (Å²) in [4.78, 5) is 4.05. The number of aryl methyl sites for hydroxylation is 2. The highest BCUT2D eigenvalue weighted by Gasteiger charge is 2.00. The number of pyridine rings is 1. The van der Waals surface area contributed by atoms with Crippen LogP contribution in [-0.2, 0) is 0 Å². The lowest BCUT2D eigenvalue weighted by molar-refractivity contribution is 0.962. The van der Waals surface area contributed by atoms with Gasteiger partial charge in [-0.1, -0.05) is 0 Å². The van der Waals surface area contributed by atoms with Gasteiger partial charge >= 0.3 is 0 Å². The second-order valence-electron chi connectivity index (χ2n) is 2.79. The number of fused-ring (bicyclic) bond motifs is 1. The standard InChI is InChI=1S/C9H9N3/c1-6-8-3-4-10-5-9(8)7(2)12-11-6/h3-5H,1-2H3. The van der Waals surface area contributed by atoms with E-state index in [1.54, 1.807) is 6.20 Å². The number of hydrogen-bond donors (Lipinski definition) is 0. The molecule has 0 saturated carbocycles. The predicted molar refractivity (Wildman–Crippen MR) is 46.8 cm³/mol. The molecule has 0 aromatic carbocycles. The Morgan fingerprint density at radius 3 is 2.33 bits per heavy atom. The molecule has 0 amide bonds. The fourth-order valence-corrected chi connectivity index (χ4v) is 1.26. The lowest BCUT2D eigenvalue weighted by atomic mass is 10.1. The Bertz CT molecular complexity index is 383. The molecule has 0 fully saturated rings. The zero-order valence-electron chi connectivity index (χ0n) is 7.07. The predicted octanol–water partition coefficient (Wildman–Crippen LogP) is 1.64. The fraction of sp³-hybridized carbons (Fsp3) is 0.222. The summed E-state index contributed by atoms with van der Waals surface area (Å²) in [6, 6.07) is 1.96. The summed E-state index contributed by atoms with van der Waals surface area (Å²) in [5.74, 6) is 0. The van der Waals surface area contributed by atoms with E-state index in [0.29, 0.717) is 0 Å². The van der Waals surface area contributed by atoms with E-state index >= 15 is 0 Å². The summed E-state index contributed by atoms with van der Waals surface area (Å²) in [6.07, 6.45) is 3.60. The van der Waals surface area contributed by atoms with Gasteiger partial charge in [0.1, 0.15) is 0 Å². The molecule has 0 aliphatic carbocycles. The van der Waals surface area contributed by atoms with Gasteiger partial charge in [0.15, 0.2) is 0 Å². The smallest absolute Gasteiger partial charge is 0.0694 e. The first kappa shape index (κ1) is 7.16. The van der Waals surface area contributed by atoms with Crippen molar-refractivity contribution >= 4 is 10.8 Å². The molecule has 0 spiro atoms. The second-order valence-corrected chi connectivity index (χ2v) is 2.79. The quantitative estimate of drug-likeness (QED) is 0.586. The van der Waals surface area contributed by atoms with E-state index < -0.39 is 0 Å². The zero-order chi connectivity index (χ0) is 8.55. The Morgan fingerprint density at radius 2 is 1.67 bits per heavy atom. The van der Waals surface area contributed by atoms with Crippen molar-refractivity contribution in [3.63, 3.8) is 0 Å². The second kappa shape index (κ2) is 2.52. The van der Waals surface area contributed by atoms with E-state index in [9.17, 15) is 0 Å². The first-order valence-electron chi connectivity index (χ1n) is 3.82. The molecule has 0 aliphatic heterocycles. The van der Waals surface area contributed by atoms with Gasteiger partial charge in [0.25, 0.3) is 0 Å². The number of hydrogen-bond acceptors (Lipinski definition) is 3. The fourth-order valence-electron chi connectivity index (χ4n) is 1.26. The molecular weight excluding hydrogens is 150 g/mol. The summed E-state index contributed by atoms with van der Waals surface area (Å²) < 4.78 is 0. The van der Waals surface area contributed by atoms with Crippen molar-refractivity contribution in [2.45, 2.75) is 13.8 Å². The summed E-state index contributed by atoms with van der Waals surface area (Å²) >= 11 is 0. The number of nitrogens with zero attached hydrogens (tertiary/aromatic N) is 3. The van der Waals surface area contributed by atoms with Crippen molar-refractivity contribution in [3.05, 3.63) is 29.8 Å². The highest BCUT2D eigenvalue weighted by Crippen LogP contribution is 2.15. The minimum absolute atomic E-state index is 0.934. The molecule has 0 atom stereocenters. The van der Waals surface area contributed by atoms with Crippen LogP contribution in [-0.4, -0.2) is 15.2 Å². The van der Waals surface area contributed by atoms with Crippen molar-refractivity contribution in [2.75, 3.05) is 0 Å². The van der Waals surface area contributed by atoms with Crippen LogP contribution >= 0.6 is 0 Å². The molecule has 0 unspecified atom stereocenters. The topological polar surface area (TPSA) is 38.7 Å². The Hall–Kier alpha value is -1.51. The number of rotatable bonds is 0. The van der Waals surface area contributed by atoms with Crippen LogP contribution in [0.4, 0.5) is 0 Å². The van der Waals surface area contributed by atoms with Gasteiger partial charge in [-0.2, -0.15) is 10.2 Å². The largest absolute Gasteiger partial charge is 0.264 e. The summed E-state index contributed by atoms with van der Waals surface area (Å²) in [6.45, 7) is 3.89. The first-order chi connectivity index (χ1) is 5.79. The van der Waals surface area contributed by atoms with Crippen molar-refractivity contribution in [1.29, 1.82) is 0 Å². The van der Waals surface area contributed by atoms with Gasteiger partial charge in [-0.15, -0.1) is 0 Å². The molecule has 0 radical (unpaired) electrons. The average Bonchev–Trinajstić information content (AvgIpc) is 2.12. The van der Waals surface area contributed by atoms with Gasteiger partial charge in [0, 0.05) is 23.2 Å². The van der Waals surface area contributed by atoms with E-state index in [4.69, 9.17) is 0 Å². The van der Waals surface area contributed by atoms with Gasteiger partial charge in [-0.05, 0) is 19.9 Å². The van der Waals surface area contributed by atoms with Crippen LogP contribution in [0.2, 0.25) is 0 Å². The minimum Gasteiger partial charge on any atom is -0.264 e. The first-order valence-corrected chi connectivity index (χ1v) is 3.82. The molecule has 2 aromatic rings. The monoisotopic (exact) mass is 159 g/mol. The minimum atomic E-state index is 0.934. The highest BCUT2D eigenvalue weighted by molar-refractivity contribution is 5.84. The molecule has 2 aromatic heterocycles. The van der Waals surface area contributed by atoms with Crippen LogP contribution in [0, 0.1) is 13.8 Å². The van der Waals surface area contributed by atoms with Crippen LogP contribution in [0.3, 0.4) is 0 Å². The van der Waals surface area contributed by atoms with E-state index in [1.807, 2.05) is 26.1 Å². The van der Waals surface area contributed by atoms with Crippen LogP contribution in [0.25, 0.3) is 10.8 Å². The van der Waals surface area contributed by atoms with E-state index in [0.717, 1.165) is 22.2 Å². The molecule has 3 nitrogen and oxygen atoms in total. The van der Waals surface area contributed by atoms with Crippen molar-refractivity contribution in [2.24, 2.45) is 0 Å². The molecule has 3 heteroatoms. The Morgan fingerprint density at radius 1 is 1.00 bits per heavy atom. The van der Waals surface area contributed by atoms with Gasteiger partial charge in [0.05, 0.1) is 11.4 Å². The Labute approximate surface area is 70.5 Å². The molecule has 2 heterocycles. The van der Waals surface area contributed by atoms with Crippen LogP contribution in [0.1, 0.15) is 11.4 Å². The molecule has 0 N–H and O–H groups in total. The van der Waals surface area contributed by atoms with E-state index in [1.165, 1.54) is 0 Å². The molecule has 0 bridgehead atoms. The maximum atomic E-state index is 4.05. The van der Waals surface area contributed by atoms with Gasteiger partial charge in [-0.3, -0.25) is 4.98 Å². The van der Waals surface area contributed by atoms with Crippen molar-refractivity contribution < 1.29 is 0 Å². The van der Waals surface area contributed by atoms with Crippen LogP contribution in [0.5, 0.6) is 0 Å². The van der Waals surface area contributed by atoms with E-state index in [2.05, 4.69) is 15.2 Å². The van der Waals surface area contributed by atoms with Crippen LogP contribution < -0.4 is 0 Å². The third-order valence-corrected chi connectivity index (χ3v) is 1.95. The highest BCUT2D eigenvalue weighted by atomic mass is 15.1. The zero-order valence-corrected chi connectivity index (χ0v) is 7.07. The lowest BCUT2D eigenvalue weighted by Gasteiger charge is -2.00. The lowest BCUT2D eigenvalue weighted by Crippen LogP contribution is -1.92. The van der Waals surface area contributed by atoms with E-state index in [-0.39, 0.29) is 0 Å². The SMILES string of the molecule is Cc1nnc(C)c2cnccc12. The summed E-state index contributed by atoms with van der Waals surface area (Å²) in [7, 11) is 0. The van der Waals surface area contributed by atoms with Crippen molar-refractivity contribution in [1.82, 2.24) is 15.2 Å². The van der Waals surface area contributed by atoms with Crippen molar-refractivity contribution in [3.8, 4) is 0 Å². The van der Waals surface area contributed by atoms with Crippen LogP contribution in [0.15, 0.2) is 18.5 Å². The maximum absolute atomic E-state index is 4.05. The normalized spacial score (nSPS) is 10.5. The maximum Gasteiger partial charge on any atom is 0.0694 e. The third kappa shape index (κ3) is 0.942. The average molecular weight is 159 g/mol. The van der Waals surface area contributed by atoms with Gasteiger partial charge in [0.2, 0.25) is 0 Å². The summed E-state index contributed by atoms with van der Waals surface area (Å²) in [5.41, 5.74) is 1.89. The summed E-state index contributed by atoms with van der Waals surface area (Å²) in [5, 5.41) is 10.3. The molecule has 60 valence electrons. The van der Waals surface area contributed by atoms with Gasteiger partial charge < -0.3 is 0 Å². The molecule has 2 rings (SSSR count).